The van der Waals surface area contributed by atoms with Gasteiger partial charge in [0.1, 0.15) is 0 Å². The van der Waals surface area contributed by atoms with Crippen LogP contribution in [0.5, 0.6) is 0 Å². The summed E-state index contributed by atoms with van der Waals surface area (Å²) < 4.78 is 26.9. The normalized spacial score (nSPS) is 13.4. The Hall–Kier alpha value is -1.44. The Labute approximate surface area is 124 Å². The van der Waals surface area contributed by atoms with Gasteiger partial charge in [0.25, 0.3) is 0 Å². The Morgan fingerprint density at radius 1 is 1.33 bits per heavy atom. The summed E-state index contributed by atoms with van der Waals surface area (Å²) in [6, 6.07) is 3.34. The number of aliphatic hydroxyl groups is 1. The Kier molecular flexibility index (Phi) is 5.88. The van der Waals surface area contributed by atoms with E-state index < -0.39 is 22.0 Å². The molecule has 0 saturated heterocycles. The number of carboxylic acids is 1. The summed E-state index contributed by atoms with van der Waals surface area (Å²) in [5.41, 5.74) is 0.435. The molecule has 0 heterocycles. The zero-order valence-corrected chi connectivity index (χ0v) is 13.1. The minimum Gasteiger partial charge on any atom is -0.478 e. The van der Waals surface area contributed by atoms with Gasteiger partial charge in [-0.1, -0.05) is 19.9 Å². The molecule has 118 valence electrons. The van der Waals surface area contributed by atoms with Crippen LogP contribution < -0.4 is 4.72 Å². The lowest BCUT2D eigenvalue weighted by molar-refractivity contribution is 0.0696. The molecule has 0 aromatic heterocycles. The number of carboxylic acid groups (broad SMARTS) is 1. The molecular weight excluding hydrogens is 294 g/mol. The second kappa shape index (κ2) is 7.02. The van der Waals surface area contributed by atoms with E-state index in [1.165, 1.54) is 12.1 Å². The van der Waals surface area contributed by atoms with Gasteiger partial charge in [-0.3, -0.25) is 0 Å². The molecule has 0 aliphatic carbocycles. The van der Waals surface area contributed by atoms with Crippen molar-refractivity contribution in [3.8, 4) is 0 Å². The molecule has 0 aliphatic heterocycles. The van der Waals surface area contributed by atoms with Crippen molar-refractivity contribution < 1.29 is 23.4 Å². The lowest BCUT2D eigenvalue weighted by Crippen LogP contribution is -2.38. The molecule has 0 amide bonds. The topological polar surface area (TPSA) is 104 Å². The van der Waals surface area contributed by atoms with Crippen LogP contribution in [0.2, 0.25) is 0 Å². The second-order valence-electron chi connectivity index (χ2n) is 5.41. The number of hydrogen-bond donors (Lipinski definition) is 3. The molecular formula is C14H21NO5S. The van der Waals surface area contributed by atoms with E-state index >= 15 is 0 Å². The summed E-state index contributed by atoms with van der Waals surface area (Å²) in [4.78, 5) is 11.0. The van der Waals surface area contributed by atoms with Gasteiger partial charge in [-0.15, -0.1) is 0 Å². The van der Waals surface area contributed by atoms with Crippen LogP contribution in [0.4, 0.5) is 0 Å². The lowest BCUT2D eigenvalue weighted by atomic mass is 10.1. The maximum atomic E-state index is 12.3. The Balaban J connectivity index is 3.07. The monoisotopic (exact) mass is 315 g/mol. The van der Waals surface area contributed by atoms with Crippen LogP contribution in [0, 0.1) is 12.8 Å². The van der Waals surface area contributed by atoms with E-state index in [0.29, 0.717) is 12.0 Å². The van der Waals surface area contributed by atoms with Crippen molar-refractivity contribution in [3.63, 3.8) is 0 Å². The van der Waals surface area contributed by atoms with Gasteiger partial charge in [0.05, 0.1) is 17.1 Å². The predicted molar refractivity (Wildman–Crippen MR) is 78.8 cm³/mol. The first-order valence-electron chi connectivity index (χ1n) is 6.64. The number of aromatic carboxylic acids is 1. The van der Waals surface area contributed by atoms with E-state index in [0.717, 1.165) is 6.07 Å². The van der Waals surface area contributed by atoms with Crippen molar-refractivity contribution in [2.45, 2.75) is 38.1 Å². The molecule has 0 saturated carbocycles. The van der Waals surface area contributed by atoms with Gasteiger partial charge in [0.15, 0.2) is 0 Å². The molecule has 0 fully saturated rings. The summed E-state index contributed by atoms with van der Waals surface area (Å²) in [5, 5.41) is 18.3. The van der Waals surface area contributed by atoms with Crippen LogP contribution in [-0.2, 0) is 10.0 Å². The predicted octanol–water partition coefficient (Wildman–Crippen LogP) is 1.38. The highest BCUT2D eigenvalue weighted by atomic mass is 32.2. The minimum atomic E-state index is -3.86. The molecule has 3 N–H and O–H groups in total. The van der Waals surface area contributed by atoms with Crippen molar-refractivity contribution in [3.05, 3.63) is 29.3 Å². The molecule has 1 aromatic carbocycles. The van der Waals surface area contributed by atoms with E-state index in [1.54, 1.807) is 6.92 Å². The quantitative estimate of drug-likeness (QED) is 0.705. The molecule has 1 rings (SSSR count). The van der Waals surface area contributed by atoms with Crippen molar-refractivity contribution in [1.82, 2.24) is 4.72 Å². The minimum absolute atomic E-state index is 0.0534. The summed E-state index contributed by atoms with van der Waals surface area (Å²) in [7, 11) is -3.86. The maximum Gasteiger partial charge on any atom is 0.335 e. The number of sulfonamides is 1. The number of aryl methyl sites for hydroxylation is 1. The average molecular weight is 315 g/mol. The fourth-order valence-corrected chi connectivity index (χ4v) is 3.28. The zero-order chi connectivity index (χ0) is 16.2. The smallest absolute Gasteiger partial charge is 0.335 e. The van der Waals surface area contributed by atoms with Crippen molar-refractivity contribution in [2.75, 3.05) is 6.61 Å². The third-order valence-corrected chi connectivity index (χ3v) is 4.57. The van der Waals surface area contributed by atoms with E-state index in [-0.39, 0.29) is 23.0 Å². The molecule has 1 aromatic rings. The molecule has 0 bridgehead atoms. The molecule has 0 spiro atoms. The first kappa shape index (κ1) is 17.6. The average Bonchev–Trinajstić information content (AvgIpc) is 2.36. The SMILES string of the molecule is Cc1ccc(S(=O)(=O)NC(CO)CC(C)C)cc1C(=O)O. The number of carbonyl (C=O) groups is 1. The van der Waals surface area contributed by atoms with Gasteiger partial charge in [-0.2, -0.15) is 0 Å². The standard InChI is InChI=1S/C14H21NO5S/c1-9(2)6-11(8-16)15-21(19,20)12-5-4-10(3)13(7-12)14(17)18/h4-5,7,9,11,15-16H,6,8H2,1-3H3,(H,17,18). The number of nitrogens with one attached hydrogen (secondary N) is 1. The molecule has 1 atom stereocenters. The van der Waals surface area contributed by atoms with E-state index in [2.05, 4.69) is 4.72 Å². The van der Waals surface area contributed by atoms with Gasteiger partial charge < -0.3 is 10.2 Å². The zero-order valence-electron chi connectivity index (χ0n) is 12.3. The summed E-state index contributed by atoms with van der Waals surface area (Å²) in [5.74, 6) is -0.956. The maximum absolute atomic E-state index is 12.3. The van der Waals surface area contributed by atoms with E-state index in [9.17, 15) is 18.3 Å². The Morgan fingerprint density at radius 2 is 1.95 bits per heavy atom. The fourth-order valence-electron chi connectivity index (χ4n) is 2.02. The molecule has 1 unspecified atom stereocenters. The molecule has 7 heteroatoms. The number of aliphatic hydroxyl groups excluding tert-OH is 1. The fraction of sp³-hybridized carbons (Fsp3) is 0.500. The lowest BCUT2D eigenvalue weighted by Gasteiger charge is -2.18. The van der Waals surface area contributed by atoms with Crippen LogP contribution in [0.15, 0.2) is 23.1 Å². The first-order chi connectivity index (χ1) is 9.67. The van der Waals surface area contributed by atoms with E-state index in [1.807, 2.05) is 13.8 Å². The Bertz CT molecular complexity index is 610. The van der Waals surface area contributed by atoms with Crippen LogP contribution >= 0.6 is 0 Å². The van der Waals surface area contributed by atoms with Crippen molar-refractivity contribution in [1.29, 1.82) is 0 Å². The third-order valence-electron chi connectivity index (χ3n) is 3.05. The largest absolute Gasteiger partial charge is 0.478 e. The van der Waals surface area contributed by atoms with Crippen molar-refractivity contribution >= 4 is 16.0 Å². The summed E-state index contributed by atoms with van der Waals surface area (Å²) in [6.07, 6.45) is 0.493. The van der Waals surface area contributed by atoms with Gasteiger partial charge in [-0.25, -0.2) is 17.9 Å². The molecule has 0 radical (unpaired) electrons. The highest BCUT2D eigenvalue weighted by molar-refractivity contribution is 7.89. The summed E-state index contributed by atoms with van der Waals surface area (Å²) in [6.45, 7) is 5.13. The van der Waals surface area contributed by atoms with Gasteiger partial charge in [0, 0.05) is 6.04 Å². The Morgan fingerprint density at radius 3 is 2.43 bits per heavy atom. The molecule has 21 heavy (non-hydrogen) atoms. The van der Waals surface area contributed by atoms with Gasteiger partial charge >= 0.3 is 5.97 Å². The third kappa shape index (κ3) is 4.80. The number of hydrogen-bond acceptors (Lipinski definition) is 4. The van der Waals surface area contributed by atoms with Crippen LogP contribution in [0.25, 0.3) is 0 Å². The first-order valence-corrected chi connectivity index (χ1v) is 8.12. The number of benzene rings is 1. The van der Waals surface area contributed by atoms with Crippen molar-refractivity contribution in [2.24, 2.45) is 5.92 Å². The van der Waals surface area contributed by atoms with Crippen LogP contribution in [0.1, 0.15) is 36.2 Å². The van der Waals surface area contributed by atoms with Crippen LogP contribution in [0.3, 0.4) is 0 Å². The highest BCUT2D eigenvalue weighted by Gasteiger charge is 2.22. The second-order valence-corrected chi connectivity index (χ2v) is 7.13. The van der Waals surface area contributed by atoms with Gasteiger partial charge in [0.2, 0.25) is 10.0 Å². The van der Waals surface area contributed by atoms with E-state index in [4.69, 9.17) is 5.11 Å². The number of rotatable bonds is 7. The summed E-state index contributed by atoms with van der Waals surface area (Å²) >= 11 is 0. The van der Waals surface area contributed by atoms with Crippen LogP contribution in [-0.4, -0.2) is 37.2 Å². The van der Waals surface area contributed by atoms with Gasteiger partial charge in [-0.05, 0) is 37.0 Å². The molecule has 0 aliphatic rings. The molecule has 6 nitrogen and oxygen atoms in total. The highest BCUT2D eigenvalue weighted by Crippen LogP contribution is 2.17.